The lowest BCUT2D eigenvalue weighted by Gasteiger charge is -2.41. The predicted octanol–water partition coefficient (Wildman–Crippen LogP) is 0.466. The summed E-state index contributed by atoms with van der Waals surface area (Å²) in [5.41, 5.74) is 5.08. The first kappa shape index (κ1) is 17.1. The molecule has 2 aliphatic rings. The minimum absolute atomic E-state index is 0.197. The number of rotatable bonds is 3. The van der Waals surface area contributed by atoms with Gasteiger partial charge in [0, 0.05) is 4.75 Å². The molecule has 0 bridgehead atoms. The van der Waals surface area contributed by atoms with E-state index in [0.717, 1.165) is 0 Å². The van der Waals surface area contributed by atoms with Crippen LogP contribution in [0.4, 0.5) is 0 Å². The fraction of sp³-hybridized carbons (Fsp3) is 0.786. The fourth-order valence-corrected chi connectivity index (χ4v) is 4.02. The summed E-state index contributed by atoms with van der Waals surface area (Å²) in [4.78, 5) is 37.2. The molecule has 7 nitrogen and oxygen atoms in total. The Morgan fingerprint density at radius 2 is 1.91 bits per heavy atom. The summed E-state index contributed by atoms with van der Waals surface area (Å²) in [7, 11) is 0. The van der Waals surface area contributed by atoms with E-state index < -0.39 is 41.0 Å². The molecule has 2 saturated heterocycles. The molecule has 3 unspecified atom stereocenters. The summed E-state index contributed by atoms with van der Waals surface area (Å²) in [5, 5.41) is -0.197. The zero-order valence-electron chi connectivity index (χ0n) is 13.4. The summed E-state index contributed by atoms with van der Waals surface area (Å²) in [5.74, 6) is -1.29. The van der Waals surface area contributed by atoms with Crippen molar-refractivity contribution in [3.63, 3.8) is 0 Å². The van der Waals surface area contributed by atoms with Crippen LogP contribution in [-0.4, -0.2) is 51.7 Å². The van der Waals surface area contributed by atoms with E-state index in [-0.39, 0.29) is 11.3 Å². The van der Waals surface area contributed by atoms with E-state index in [4.69, 9.17) is 15.2 Å². The van der Waals surface area contributed by atoms with Crippen molar-refractivity contribution in [2.75, 3.05) is 6.79 Å². The van der Waals surface area contributed by atoms with Gasteiger partial charge in [-0.1, -0.05) is 0 Å². The summed E-state index contributed by atoms with van der Waals surface area (Å²) in [6.07, 6.45) is 0. The minimum Gasteiger partial charge on any atom is -0.427 e. The topological polar surface area (TPSA) is 98.9 Å². The van der Waals surface area contributed by atoms with Crippen LogP contribution in [0.1, 0.15) is 34.6 Å². The molecule has 1 amide bonds. The van der Waals surface area contributed by atoms with Crippen LogP contribution in [0.25, 0.3) is 0 Å². The molecule has 124 valence electrons. The largest absolute Gasteiger partial charge is 0.427 e. The number of nitrogens with zero attached hydrogens (tertiary/aromatic N) is 1. The van der Waals surface area contributed by atoms with Crippen molar-refractivity contribution in [2.24, 2.45) is 11.1 Å². The second-order valence-electron chi connectivity index (χ2n) is 7.05. The van der Waals surface area contributed by atoms with Gasteiger partial charge in [0.2, 0.25) is 12.7 Å². The lowest BCUT2D eigenvalue weighted by molar-refractivity contribution is -0.179. The number of hydrogen-bond donors (Lipinski definition) is 1. The quantitative estimate of drug-likeness (QED) is 0.456. The average molecular weight is 330 g/mol. The Morgan fingerprint density at radius 3 is 2.45 bits per heavy atom. The van der Waals surface area contributed by atoms with Crippen LogP contribution < -0.4 is 5.73 Å². The van der Waals surface area contributed by atoms with E-state index in [1.54, 1.807) is 20.8 Å². The molecule has 0 saturated carbocycles. The summed E-state index contributed by atoms with van der Waals surface area (Å²) in [6.45, 7) is 8.40. The first-order chi connectivity index (χ1) is 9.97. The zero-order chi connectivity index (χ0) is 16.9. The maximum Gasteiger partial charge on any atom is 0.333 e. The standard InChI is InChI=1S/C14H22N2O5S/c1-13(2,3)12(19)21-6-20-11(18)8-14(4,5)22-10-7(15)9(17)16(8)10/h7-8,10H,6,15H2,1-5H3. The average Bonchev–Trinajstić information content (AvgIpc) is 2.65. The molecule has 0 aromatic carbocycles. The van der Waals surface area contributed by atoms with Gasteiger partial charge in [0.15, 0.2) is 0 Å². The Morgan fingerprint density at radius 1 is 1.32 bits per heavy atom. The first-order valence-electron chi connectivity index (χ1n) is 7.06. The molecule has 0 aliphatic carbocycles. The number of fused-ring (bicyclic) bond motifs is 1. The van der Waals surface area contributed by atoms with E-state index in [1.807, 2.05) is 13.8 Å². The highest BCUT2D eigenvalue weighted by Crippen LogP contribution is 2.50. The molecule has 0 aromatic heterocycles. The van der Waals surface area contributed by atoms with Gasteiger partial charge in [-0.3, -0.25) is 9.59 Å². The Hall–Kier alpha value is -1.28. The van der Waals surface area contributed by atoms with Crippen LogP contribution in [-0.2, 0) is 23.9 Å². The highest BCUT2D eigenvalue weighted by atomic mass is 32.2. The molecule has 0 aromatic rings. The Labute approximate surface area is 133 Å². The number of thioether (sulfide) groups is 1. The van der Waals surface area contributed by atoms with Crippen LogP contribution in [0.2, 0.25) is 0 Å². The van der Waals surface area contributed by atoms with Crippen molar-refractivity contribution in [3.8, 4) is 0 Å². The third-order valence-electron chi connectivity index (χ3n) is 3.71. The molecule has 2 fully saturated rings. The SMILES string of the molecule is CC(C)(C)C(=O)OCOC(=O)C1N2C(=O)C(N)C2SC1(C)C. The minimum atomic E-state index is -0.719. The van der Waals surface area contributed by atoms with E-state index in [2.05, 4.69) is 0 Å². The monoisotopic (exact) mass is 330 g/mol. The Balaban J connectivity index is 1.95. The van der Waals surface area contributed by atoms with Gasteiger partial charge in [-0.15, -0.1) is 11.8 Å². The Kier molecular flexibility index (Phi) is 4.20. The highest BCUT2D eigenvalue weighted by Gasteiger charge is 2.63. The van der Waals surface area contributed by atoms with Crippen LogP contribution in [0.5, 0.6) is 0 Å². The summed E-state index contributed by atoms with van der Waals surface area (Å²) in [6, 6.07) is -1.29. The number of carbonyl (C=O) groups is 3. The number of ether oxygens (including phenoxy) is 2. The third kappa shape index (κ3) is 2.81. The number of β-lactam (4-membered cyclic amide) rings is 1. The van der Waals surface area contributed by atoms with Crippen LogP contribution >= 0.6 is 11.8 Å². The van der Waals surface area contributed by atoms with Crippen molar-refractivity contribution >= 4 is 29.6 Å². The first-order valence-corrected chi connectivity index (χ1v) is 7.94. The van der Waals surface area contributed by atoms with E-state index in [1.165, 1.54) is 16.7 Å². The number of esters is 2. The number of hydrogen-bond acceptors (Lipinski definition) is 7. The van der Waals surface area contributed by atoms with E-state index >= 15 is 0 Å². The van der Waals surface area contributed by atoms with Crippen molar-refractivity contribution in [3.05, 3.63) is 0 Å². The molecule has 2 rings (SSSR count). The van der Waals surface area contributed by atoms with E-state index in [0.29, 0.717) is 0 Å². The second kappa shape index (κ2) is 5.42. The van der Waals surface area contributed by atoms with Crippen molar-refractivity contribution < 1.29 is 23.9 Å². The van der Waals surface area contributed by atoms with Gasteiger partial charge in [0.05, 0.1) is 5.41 Å². The van der Waals surface area contributed by atoms with Gasteiger partial charge in [0.1, 0.15) is 17.5 Å². The van der Waals surface area contributed by atoms with Gasteiger partial charge in [-0.25, -0.2) is 4.79 Å². The molecule has 3 atom stereocenters. The molecule has 0 radical (unpaired) electrons. The maximum absolute atomic E-state index is 12.3. The smallest absolute Gasteiger partial charge is 0.333 e. The third-order valence-corrected chi connectivity index (χ3v) is 5.30. The zero-order valence-corrected chi connectivity index (χ0v) is 14.2. The number of carbonyl (C=O) groups excluding carboxylic acids is 3. The van der Waals surface area contributed by atoms with Crippen LogP contribution in [0.3, 0.4) is 0 Å². The maximum atomic E-state index is 12.3. The van der Waals surface area contributed by atoms with Gasteiger partial charge >= 0.3 is 11.9 Å². The summed E-state index contributed by atoms with van der Waals surface area (Å²) < 4.78 is 9.45. The summed E-state index contributed by atoms with van der Waals surface area (Å²) >= 11 is 1.48. The van der Waals surface area contributed by atoms with Gasteiger partial charge in [0.25, 0.3) is 0 Å². The van der Waals surface area contributed by atoms with Crippen molar-refractivity contribution in [1.82, 2.24) is 4.90 Å². The van der Waals surface area contributed by atoms with Gasteiger partial charge < -0.3 is 20.1 Å². The molecular weight excluding hydrogens is 308 g/mol. The Bertz CT molecular complexity index is 514. The van der Waals surface area contributed by atoms with Gasteiger partial charge in [-0.2, -0.15) is 0 Å². The molecule has 8 heteroatoms. The predicted molar refractivity (Wildman–Crippen MR) is 80.6 cm³/mol. The second-order valence-corrected chi connectivity index (χ2v) is 8.82. The highest BCUT2D eigenvalue weighted by molar-refractivity contribution is 8.01. The molecule has 2 heterocycles. The lowest BCUT2D eigenvalue weighted by atomic mass is 9.96. The lowest BCUT2D eigenvalue weighted by Crippen LogP contribution is -2.68. The van der Waals surface area contributed by atoms with Crippen molar-refractivity contribution in [1.29, 1.82) is 0 Å². The van der Waals surface area contributed by atoms with E-state index in [9.17, 15) is 14.4 Å². The van der Waals surface area contributed by atoms with Gasteiger partial charge in [-0.05, 0) is 34.6 Å². The molecule has 22 heavy (non-hydrogen) atoms. The molecule has 0 spiro atoms. The number of nitrogens with two attached hydrogens (primary N) is 1. The fourth-order valence-electron chi connectivity index (χ4n) is 2.46. The molecule has 2 N–H and O–H groups in total. The normalized spacial score (nSPS) is 29.6. The van der Waals surface area contributed by atoms with Crippen LogP contribution in [0.15, 0.2) is 0 Å². The van der Waals surface area contributed by atoms with Crippen molar-refractivity contribution in [2.45, 2.75) is 56.8 Å². The molecular formula is C14H22N2O5S. The molecule has 2 aliphatic heterocycles. The number of amides is 1. The van der Waals surface area contributed by atoms with Crippen LogP contribution in [0, 0.1) is 5.41 Å².